The number of aromatic nitrogens is 1. The van der Waals surface area contributed by atoms with Gasteiger partial charge in [-0.2, -0.15) is 0 Å². The van der Waals surface area contributed by atoms with Gasteiger partial charge in [0, 0.05) is 23.6 Å². The molecule has 0 radical (unpaired) electrons. The van der Waals surface area contributed by atoms with E-state index in [2.05, 4.69) is 4.98 Å². The summed E-state index contributed by atoms with van der Waals surface area (Å²) in [7, 11) is 0. The van der Waals surface area contributed by atoms with Gasteiger partial charge >= 0.3 is 5.97 Å². The molecule has 0 fully saturated rings. The Balaban J connectivity index is 2.61. The monoisotopic (exact) mass is 295 g/mol. The zero-order valence-electron chi connectivity index (χ0n) is 10.6. The van der Waals surface area contributed by atoms with Crippen molar-refractivity contribution >= 4 is 34.3 Å². The molecule has 0 bridgehead atoms. The summed E-state index contributed by atoms with van der Waals surface area (Å²) >= 11 is 1.46. The molecule has 7 nitrogen and oxygen atoms in total. The molecule has 0 aliphatic heterocycles. The Hall–Kier alpha value is -2.06. The van der Waals surface area contributed by atoms with Crippen LogP contribution in [0.1, 0.15) is 5.56 Å². The van der Waals surface area contributed by atoms with Gasteiger partial charge in [0.05, 0.1) is 15.8 Å². The lowest BCUT2D eigenvalue weighted by molar-refractivity contribution is -0.383. The van der Waals surface area contributed by atoms with Crippen LogP contribution >= 0.6 is 11.8 Å². The highest BCUT2D eigenvalue weighted by Gasteiger charge is 2.22. The van der Waals surface area contributed by atoms with E-state index in [1.165, 1.54) is 17.8 Å². The molecule has 0 saturated carbocycles. The van der Waals surface area contributed by atoms with E-state index in [1.807, 2.05) is 6.26 Å². The minimum absolute atomic E-state index is 0.0357. The maximum atomic E-state index is 11.1. The molecule has 1 heterocycles. The lowest BCUT2D eigenvalue weighted by Crippen LogP contribution is -2.32. The van der Waals surface area contributed by atoms with Crippen LogP contribution in [0.3, 0.4) is 0 Å². The first-order chi connectivity index (χ1) is 9.45. The summed E-state index contributed by atoms with van der Waals surface area (Å²) < 4.78 is 0. The van der Waals surface area contributed by atoms with E-state index in [0.29, 0.717) is 16.5 Å². The number of hydrogen-bond donors (Lipinski definition) is 3. The van der Waals surface area contributed by atoms with Gasteiger partial charge in [-0.1, -0.05) is 0 Å². The number of nitro groups is 1. The number of carboxylic acids is 1. The van der Waals surface area contributed by atoms with Crippen LogP contribution in [0.2, 0.25) is 0 Å². The highest BCUT2D eigenvalue weighted by Crippen LogP contribution is 2.35. The van der Waals surface area contributed by atoms with Gasteiger partial charge in [-0.15, -0.1) is 11.8 Å². The first-order valence-corrected chi connectivity index (χ1v) is 6.98. The molecule has 0 unspecified atom stereocenters. The normalized spacial score (nSPS) is 12.5. The highest BCUT2D eigenvalue weighted by atomic mass is 32.2. The second-order valence-corrected chi connectivity index (χ2v) is 5.10. The number of nitrogens with zero attached hydrogens (tertiary/aromatic N) is 1. The summed E-state index contributed by atoms with van der Waals surface area (Å²) in [6.07, 6.45) is 3.48. The summed E-state index contributed by atoms with van der Waals surface area (Å²) in [5.74, 6) is -1.14. The molecule has 2 rings (SSSR count). The number of non-ortho nitro benzene ring substituents is 1. The minimum atomic E-state index is -1.14. The van der Waals surface area contributed by atoms with Crippen molar-refractivity contribution in [2.75, 3.05) is 6.26 Å². The first-order valence-electron chi connectivity index (χ1n) is 5.75. The van der Waals surface area contributed by atoms with Crippen LogP contribution < -0.4 is 5.73 Å². The van der Waals surface area contributed by atoms with Crippen molar-refractivity contribution < 1.29 is 14.8 Å². The molecule has 0 aliphatic rings. The second-order valence-electron chi connectivity index (χ2n) is 4.26. The van der Waals surface area contributed by atoms with Crippen LogP contribution in [0, 0.1) is 10.1 Å². The Bertz CT molecular complexity index is 683. The average molecular weight is 295 g/mol. The summed E-state index contributed by atoms with van der Waals surface area (Å²) in [5, 5.41) is 20.4. The Kier molecular flexibility index (Phi) is 3.96. The second kappa shape index (κ2) is 5.51. The summed E-state index contributed by atoms with van der Waals surface area (Å²) in [6.45, 7) is 0. The summed E-state index contributed by atoms with van der Waals surface area (Å²) in [5.41, 5.74) is 6.64. The Morgan fingerprint density at radius 1 is 1.60 bits per heavy atom. The van der Waals surface area contributed by atoms with Gasteiger partial charge in [0.15, 0.2) is 0 Å². The number of thioether (sulfide) groups is 1. The van der Waals surface area contributed by atoms with Gasteiger partial charge in [0.1, 0.15) is 6.04 Å². The van der Waals surface area contributed by atoms with Gasteiger partial charge in [-0.05, 0) is 17.9 Å². The van der Waals surface area contributed by atoms with Crippen molar-refractivity contribution in [2.24, 2.45) is 5.73 Å². The third-order valence-electron chi connectivity index (χ3n) is 3.03. The van der Waals surface area contributed by atoms with Crippen molar-refractivity contribution in [3.63, 3.8) is 0 Å². The number of fused-ring (bicyclic) bond motifs is 1. The predicted octanol–water partition coefficient (Wildman–Crippen LogP) is 1.75. The van der Waals surface area contributed by atoms with Crippen LogP contribution in [0.25, 0.3) is 10.9 Å². The van der Waals surface area contributed by atoms with E-state index in [-0.39, 0.29) is 12.1 Å². The molecule has 2 aromatic rings. The van der Waals surface area contributed by atoms with Gasteiger partial charge in [0.25, 0.3) is 5.69 Å². The van der Waals surface area contributed by atoms with Crippen LogP contribution in [0.5, 0.6) is 0 Å². The number of hydrogen-bond acceptors (Lipinski definition) is 5. The number of nitro benzene ring substituents is 1. The smallest absolute Gasteiger partial charge is 0.320 e. The Labute approximate surface area is 118 Å². The van der Waals surface area contributed by atoms with E-state index in [1.54, 1.807) is 12.3 Å². The maximum absolute atomic E-state index is 11.1. The van der Waals surface area contributed by atoms with E-state index < -0.39 is 16.9 Å². The third kappa shape index (κ3) is 2.47. The number of carboxylic acid groups (broad SMARTS) is 1. The molecule has 106 valence electrons. The highest BCUT2D eigenvalue weighted by molar-refractivity contribution is 7.98. The fourth-order valence-corrected chi connectivity index (χ4v) is 2.65. The quantitative estimate of drug-likeness (QED) is 0.439. The molecule has 0 saturated heterocycles. The van der Waals surface area contributed by atoms with Crippen molar-refractivity contribution in [2.45, 2.75) is 17.4 Å². The number of rotatable bonds is 5. The molecule has 0 spiro atoms. The van der Waals surface area contributed by atoms with E-state index in [4.69, 9.17) is 10.8 Å². The first kappa shape index (κ1) is 14.4. The number of aliphatic carboxylic acids is 1. The molecule has 0 aliphatic carbocycles. The molecule has 20 heavy (non-hydrogen) atoms. The zero-order chi connectivity index (χ0) is 14.9. The van der Waals surface area contributed by atoms with Crippen LogP contribution in [-0.2, 0) is 11.2 Å². The molecule has 0 amide bonds. The van der Waals surface area contributed by atoms with Crippen molar-refractivity contribution in [3.05, 3.63) is 34.0 Å². The number of H-pyrrole nitrogens is 1. The minimum Gasteiger partial charge on any atom is -0.480 e. The zero-order valence-corrected chi connectivity index (χ0v) is 11.4. The molecule has 1 aromatic heterocycles. The molecule has 4 N–H and O–H groups in total. The van der Waals surface area contributed by atoms with Gasteiger partial charge in [-0.3, -0.25) is 14.9 Å². The standard InChI is InChI=1S/C12H13N3O4S/c1-20-9-3-2-8(15(18)19)10-6(5-14-11(9)10)4-7(13)12(16)17/h2-3,5,7,14H,4,13H2,1H3,(H,16,17)/t7-/m0/s1. The molecular weight excluding hydrogens is 282 g/mol. The summed E-state index contributed by atoms with van der Waals surface area (Å²) in [4.78, 5) is 25.3. The van der Waals surface area contributed by atoms with Crippen molar-refractivity contribution in [1.29, 1.82) is 0 Å². The fraction of sp³-hybridized carbons (Fsp3) is 0.250. The number of benzene rings is 1. The van der Waals surface area contributed by atoms with E-state index in [0.717, 1.165) is 4.90 Å². The van der Waals surface area contributed by atoms with Crippen LogP contribution in [-0.4, -0.2) is 33.3 Å². The molecule has 8 heteroatoms. The van der Waals surface area contributed by atoms with Gasteiger partial charge < -0.3 is 15.8 Å². The van der Waals surface area contributed by atoms with Crippen molar-refractivity contribution in [1.82, 2.24) is 4.98 Å². The lowest BCUT2D eigenvalue weighted by atomic mass is 10.0. The molecule has 1 atom stereocenters. The average Bonchev–Trinajstić information content (AvgIpc) is 2.81. The Morgan fingerprint density at radius 3 is 2.85 bits per heavy atom. The van der Waals surface area contributed by atoms with E-state index >= 15 is 0 Å². The summed E-state index contributed by atoms with van der Waals surface area (Å²) in [6, 6.07) is 2.01. The number of aromatic amines is 1. The fourth-order valence-electron chi connectivity index (χ4n) is 2.08. The van der Waals surface area contributed by atoms with E-state index in [9.17, 15) is 14.9 Å². The third-order valence-corrected chi connectivity index (χ3v) is 3.81. The molecule has 1 aromatic carbocycles. The number of nitrogens with two attached hydrogens (primary N) is 1. The van der Waals surface area contributed by atoms with Gasteiger partial charge in [0.2, 0.25) is 0 Å². The maximum Gasteiger partial charge on any atom is 0.320 e. The largest absolute Gasteiger partial charge is 0.480 e. The SMILES string of the molecule is CSc1ccc([N+](=O)[O-])c2c(C[C@H](N)C(=O)O)c[nH]c12. The lowest BCUT2D eigenvalue weighted by Gasteiger charge is -2.06. The van der Waals surface area contributed by atoms with Gasteiger partial charge in [-0.25, -0.2) is 0 Å². The predicted molar refractivity (Wildman–Crippen MR) is 76.0 cm³/mol. The topological polar surface area (TPSA) is 122 Å². The number of nitrogens with one attached hydrogen (secondary N) is 1. The Morgan fingerprint density at radius 2 is 2.30 bits per heavy atom. The molecular formula is C12H13N3O4S. The number of carbonyl (C=O) groups is 1. The van der Waals surface area contributed by atoms with Crippen molar-refractivity contribution in [3.8, 4) is 0 Å². The van der Waals surface area contributed by atoms with Crippen LogP contribution in [0.15, 0.2) is 23.2 Å². The van der Waals surface area contributed by atoms with Crippen LogP contribution in [0.4, 0.5) is 5.69 Å².